The first-order valence-electron chi connectivity index (χ1n) is 6.55. The molecule has 1 unspecified atom stereocenters. The first-order valence-corrected chi connectivity index (χ1v) is 6.55. The van der Waals surface area contributed by atoms with Gasteiger partial charge in [-0.3, -0.25) is 9.69 Å². The Bertz CT molecular complexity index is 441. The van der Waals surface area contributed by atoms with E-state index in [1.807, 2.05) is 13.1 Å². The standard InChI is InChI=1S/C14H21N3O/c1-4-17(5-2)13-8-10-6-7-11(15-3)9-12(10)16-14(13)18/h6-7,9,13,15H,4-5,8H2,1-3H3,(H,16,18). The van der Waals surface area contributed by atoms with Crippen LogP contribution in [-0.4, -0.2) is 37.0 Å². The Hall–Kier alpha value is -1.55. The van der Waals surface area contributed by atoms with Crippen LogP contribution in [-0.2, 0) is 11.2 Å². The lowest BCUT2D eigenvalue weighted by Gasteiger charge is -2.33. The molecule has 0 saturated heterocycles. The van der Waals surface area contributed by atoms with Crippen molar-refractivity contribution in [3.05, 3.63) is 23.8 Å². The zero-order valence-corrected chi connectivity index (χ0v) is 11.3. The fourth-order valence-corrected chi connectivity index (χ4v) is 2.50. The van der Waals surface area contributed by atoms with E-state index in [9.17, 15) is 4.79 Å². The fourth-order valence-electron chi connectivity index (χ4n) is 2.50. The third kappa shape index (κ3) is 2.34. The number of benzene rings is 1. The molecular weight excluding hydrogens is 226 g/mol. The average Bonchev–Trinajstić information content (AvgIpc) is 2.40. The second-order valence-corrected chi connectivity index (χ2v) is 4.55. The van der Waals surface area contributed by atoms with Crippen molar-refractivity contribution >= 4 is 17.3 Å². The molecule has 1 aromatic rings. The van der Waals surface area contributed by atoms with Gasteiger partial charge in [-0.2, -0.15) is 0 Å². The van der Waals surface area contributed by atoms with Crippen LogP contribution in [0.15, 0.2) is 18.2 Å². The van der Waals surface area contributed by atoms with Gasteiger partial charge in [0.25, 0.3) is 0 Å². The quantitative estimate of drug-likeness (QED) is 0.854. The molecule has 1 aliphatic rings. The van der Waals surface area contributed by atoms with Gasteiger partial charge in [-0.25, -0.2) is 0 Å². The Morgan fingerprint density at radius 3 is 2.72 bits per heavy atom. The number of nitrogens with one attached hydrogen (secondary N) is 2. The first kappa shape index (κ1) is 12.9. The Balaban J connectivity index is 2.25. The molecule has 0 aromatic heterocycles. The lowest BCUT2D eigenvalue weighted by Crippen LogP contribution is -2.47. The second kappa shape index (κ2) is 5.40. The summed E-state index contributed by atoms with van der Waals surface area (Å²) in [6, 6.07) is 6.10. The Labute approximate surface area is 108 Å². The van der Waals surface area contributed by atoms with Gasteiger partial charge in [0.1, 0.15) is 0 Å². The van der Waals surface area contributed by atoms with Gasteiger partial charge in [0.15, 0.2) is 0 Å². The predicted molar refractivity (Wildman–Crippen MR) is 75.0 cm³/mol. The Morgan fingerprint density at radius 2 is 2.11 bits per heavy atom. The zero-order valence-electron chi connectivity index (χ0n) is 11.3. The molecule has 18 heavy (non-hydrogen) atoms. The third-order valence-electron chi connectivity index (χ3n) is 3.63. The van der Waals surface area contributed by atoms with Crippen molar-refractivity contribution in [2.24, 2.45) is 0 Å². The molecule has 4 heteroatoms. The number of amides is 1. The molecule has 0 spiro atoms. The van der Waals surface area contributed by atoms with Gasteiger partial charge in [-0.15, -0.1) is 0 Å². The Kier molecular flexibility index (Phi) is 3.87. The zero-order chi connectivity index (χ0) is 13.1. The SMILES string of the molecule is CCN(CC)C1Cc2ccc(NC)cc2NC1=O. The minimum absolute atomic E-state index is 0.0343. The van der Waals surface area contributed by atoms with E-state index < -0.39 is 0 Å². The monoisotopic (exact) mass is 247 g/mol. The number of hydrogen-bond acceptors (Lipinski definition) is 3. The van der Waals surface area contributed by atoms with Gasteiger partial charge < -0.3 is 10.6 Å². The van der Waals surface area contributed by atoms with E-state index in [1.165, 1.54) is 5.56 Å². The van der Waals surface area contributed by atoms with E-state index >= 15 is 0 Å². The summed E-state index contributed by atoms with van der Waals surface area (Å²) < 4.78 is 0. The molecule has 0 radical (unpaired) electrons. The normalized spacial score (nSPS) is 18.4. The van der Waals surface area contributed by atoms with E-state index in [0.29, 0.717) is 0 Å². The van der Waals surface area contributed by atoms with Crippen LogP contribution < -0.4 is 10.6 Å². The van der Waals surface area contributed by atoms with Crippen LogP contribution in [0.3, 0.4) is 0 Å². The molecule has 0 saturated carbocycles. The van der Waals surface area contributed by atoms with Gasteiger partial charge in [0, 0.05) is 18.4 Å². The topological polar surface area (TPSA) is 44.4 Å². The van der Waals surface area contributed by atoms with Crippen molar-refractivity contribution in [3.8, 4) is 0 Å². The van der Waals surface area contributed by atoms with Crippen molar-refractivity contribution < 1.29 is 4.79 Å². The fraction of sp³-hybridized carbons (Fsp3) is 0.500. The molecule has 1 amide bonds. The number of carbonyl (C=O) groups excluding carboxylic acids is 1. The summed E-state index contributed by atoms with van der Waals surface area (Å²) in [5, 5.41) is 6.10. The third-order valence-corrected chi connectivity index (χ3v) is 3.63. The molecule has 1 heterocycles. The second-order valence-electron chi connectivity index (χ2n) is 4.55. The molecule has 1 aliphatic heterocycles. The summed E-state index contributed by atoms with van der Waals surface area (Å²) in [7, 11) is 1.88. The molecule has 0 fully saturated rings. The number of rotatable bonds is 4. The van der Waals surface area contributed by atoms with E-state index in [4.69, 9.17) is 0 Å². The minimum atomic E-state index is -0.0343. The summed E-state index contributed by atoms with van der Waals surface area (Å²) in [5.41, 5.74) is 3.18. The summed E-state index contributed by atoms with van der Waals surface area (Å²) in [6.45, 7) is 5.99. The van der Waals surface area contributed by atoms with Gasteiger partial charge in [-0.05, 0) is 37.2 Å². The molecule has 2 rings (SSSR count). The molecule has 1 aromatic carbocycles. The van der Waals surface area contributed by atoms with Gasteiger partial charge >= 0.3 is 0 Å². The van der Waals surface area contributed by atoms with E-state index in [2.05, 4.69) is 41.5 Å². The maximum atomic E-state index is 12.1. The van der Waals surface area contributed by atoms with Crippen LogP contribution in [0.25, 0.3) is 0 Å². The van der Waals surface area contributed by atoms with Crippen LogP contribution in [0.1, 0.15) is 19.4 Å². The van der Waals surface area contributed by atoms with Crippen molar-refractivity contribution in [2.75, 3.05) is 30.8 Å². The number of nitrogens with zero attached hydrogens (tertiary/aromatic N) is 1. The molecule has 0 bridgehead atoms. The maximum Gasteiger partial charge on any atom is 0.242 e. The molecule has 98 valence electrons. The van der Waals surface area contributed by atoms with Gasteiger partial charge in [0.05, 0.1) is 6.04 Å². The summed E-state index contributed by atoms with van der Waals surface area (Å²) in [4.78, 5) is 14.3. The highest BCUT2D eigenvalue weighted by molar-refractivity contribution is 5.98. The van der Waals surface area contributed by atoms with Crippen molar-refractivity contribution in [3.63, 3.8) is 0 Å². The maximum absolute atomic E-state index is 12.1. The number of hydrogen-bond donors (Lipinski definition) is 2. The van der Waals surface area contributed by atoms with Crippen LogP contribution in [0.4, 0.5) is 11.4 Å². The number of fused-ring (bicyclic) bond motifs is 1. The molecular formula is C14H21N3O. The van der Waals surface area contributed by atoms with Gasteiger partial charge in [0.2, 0.25) is 5.91 Å². The van der Waals surface area contributed by atoms with Crippen molar-refractivity contribution in [1.29, 1.82) is 0 Å². The van der Waals surface area contributed by atoms with E-state index in [-0.39, 0.29) is 11.9 Å². The van der Waals surface area contributed by atoms with Gasteiger partial charge in [-0.1, -0.05) is 19.9 Å². The highest BCUT2D eigenvalue weighted by Gasteiger charge is 2.29. The van der Waals surface area contributed by atoms with E-state index in [1.54, 1.807) is 0 Å². The van der Waals surface area contributed by atoms with Crippen LogP contribution in [0.2, 0.25) is 0 Å². The molecule has 2 N–H and O–H groups in total. The highest BCUT2D eigenvalue weighted by atomic mass is 16.2. The molecule has 0 aliphatic carbocycles. The van der Waals surface area contributed by atoms with Crippen LogP contribution in [0, 0.1) is 0 Å². The summed E-state index contributed by atoms with van der Waals surface area (Å²) >= 11 is 0. The number of carbonyl (C=O) groups is 1. The first-order chi connectivity index (χ1) is 8.69. The Morgan fingerprint density at radius 1 is 1.39 bits per heavy atom. The molecule has 1 atom stereocenters. The van der Waals surface area contributed by atoms with E-state index in [0.717, 1.165) is 30.9 Å². The smallest absolute Gasteiger partial charge is 0.242 e. The predicted octanol–water partition coefficient (Wildman–Crippen LogP) is 1.93. The lowest BCUT2D eigenvalue weighted by atomic mass is 9.97. The number of likely N-dealkylation sites (N-methyl/N-ethyl adjacent to an activating group) is 1. The lowest BCUT2D eigenvalue weighted by molar-refractivity contribution is -0.121. The minimum Gasteiger partial charge on any atom is -0.388 e. The van der Waals surface area contributed by atoms with Crippen molar-refractivity contribution in [2.45, 2.75) is 26.3 Å². The molecule has 4 nitrogen and oxygen atoms in total. The van der Waals surface area contributed by atoms with Crippen molar-refractivity contribution in [1.82, 2.24) is 4.90 Å². The van der Waals surface area contributed by atoms with Crippen LogP contribution in [0.5, 0.6) is 0 Å². The average molecular weight is 247 g/mol. The number of anilines is 2. The summed E-state index contributed by atoms with van der Waals surface area (Å²) in [5.74, 6) is 0.111. The highest BCUT2D eigenvalue weighted by Crippen LogP contribution is 2.27. The largest absolute Gasteiger partial charge is 0.388 e. The van der Waals surface area contributed by atoms with Crippen LogP contribution >= 0.6 is 0 Å². The summed E-state index contributed by atoms with van der Waals surface area (Å²) in [6.07, 6.45) is 0.798.